The van der Waals surface area contributed by atoms with Crippen molar-refractivity contribution in [2.24, 2.45) is 5.92 Å². The summed E-state index contributed by atoms with van der Waals surface area (Å²) in [6.07, 6.45) is 0.482. The van der Waals surface area contributed by atoms with Gasteiger partial charge < -0.3 is 10.4 Å². The minimum atomic E-state index is -0.938. The average Bonchev–Trinajstić information content (AvgIpc) is 2.34. The first-order valence-corrected chi connectivity index (χ1v) is 6.10. The summed E-state index contributed by atoms with van der Waals surface area (Å²) in [5.41, 5.74) is 0.492. The minimum Gasteiger partial charge on any atom is -0.480 e. The molecule has 1 rings (SSSR count). The number of benzene rings is 1. The molecule has 1 aromatic rings. The number of para-hydroxylation sites is 1. The Bertz CT molecular complexity index is 460. The van der Waals surface area contributed by atoms with Crippen LogP contribution in [0, 0.1) is 16.0 Å². The van der Waals surface area contributed by atoms with Crippen LogP contribution in [0.15, 0.2) is 24.3 Å². The predicted molar refractivity (Wildman–Crippen MR) is 70.8 cm³/mol. The third kappa shape index (κ3) is 4.67. The molecule has 0 bridgehead atoms. The van der Waals surface area contributed by atoms with Crippen molar-refractivity contribution in [2.45, 2.75) is 32.9 Å². The number of nitrogens with zero attached hydrogens (tertiary/aromatic N) is 1. The van der Waals surface area contributed by atoms with Crippen LogP contribution in [0.25, 0.3) is 0 Å². The number of nitro groups is 1. The summed E-state index contributed by atoms with van der Waals surface area (Å²) in [5.74, 6) is -0.702. The number of nitro benzene ring substituents is 1. The lowest BCUT2D eigenvalue weighted by molar-refractivity contribution is -0.385. The Labute approximate surface area is 111 Å². The Hall–Kier alpha value is -1.95. The molecule has 6 nitrogen and oxygen atoms in total. The molecule has 0 heterocycles. The van der Waals surface area contributed by atoms with Gasteiger partial charge in [0.05, 0.1) is 4.92 Å². The molecule has 0 spiro atoms. The van der Waals surface area contributed by atoms with E-state index in [1.165, 1.54) is 6.07 Å². The van der Waals surface area contributed by atoms with E-state index in [0.717, 1.165) is 0 Å². The molecule has 0 saturated heterocycles. The summed E-state index contributed by atoms with van der Waals surface area (Å²) in [6.45, 7) is 4.03. The molecule has 104 valence electrons. The van der Waals surface area contributed by atoms with Gasteiger partial charge in [0.25, 0.3) is 5.69 Å². The fourth-order valence-corrected chi connectivity index (χ4v) is 1.81. The number of carbonyl (C=O) groups is 1. The van der Waals surface area contributed by atoms with Crippen molar-refractivity contribution >= 4 is 11.7 Å². The van der Waals surface area contributed by atoms with E-state index in [-0.39, 0.29) is 18.2 Å². The number of carboxylic acid groups (broad SMARTS) is 1. The fourth-order valence-electron chi connectivity index (χ4n) is 1.81. The second-order valence-corrected chi connectivity index (χ2v) is 4.79. The minimum absolute atomic E-state index is 0.00341. The Morgan fingerprint density at radius 3 is 2.58 bits per heavy atom. The largest absolute Gasteiger partial charge is 0.480 e. The van der Waals surface area contributed by atoms with Crippen molar-refractivity contribution in [2.75, 3.05) is 0 Å². The first-order chi connectivity index (χ1) is 8.91. The maximum absolute atomic E-state index is 11.1. The highest BCUT2D eigenvalue weighted by Gasteiger charge is 2.20. The van der Waals surface area contributed by atoms with Crippen LogP contribution in [0.4, 0.5) is 5.69 Å². The summed E-state index contributed by atoms with van der Waals surface area (Å²) in [6, 6.07) is 5.63. The third-order valence-corrected chi connectivity index (χ3v) is 2.73. The van der Waals surface area contributed by atoms with Crippen LogP contribution in [0.3, 0.4) is 0 Å². The Balaban J connectivity index is 2.74. The predicted octanol–water partition coefficient (Wildman–Crippen LogP) is 2.18. The van der Waals surface area contributed by atoms with Gasteiger partial charge in [0.2, 0.25) is 0 Å². The van der Waals surface area contributed by atoms with Crippen LogP contribution >= 0.6 is 0 Å². The standard InChI is InChI=1S/C13H18N2O4/c1-9(2)7-11(13(16)17)14-8-10-5-3-4-6-12(10)15(18)19/h3-6,9,11,14H,7-8H2,1-2H3,(H,16,17). The van der Waals surface area contributed by atoms with Gasteiger partial charge in [0.1, 0.15) is 6.04 Å². The van der Waals surface area contributed by atoms with Crippen LogP contribution in [0.5, 0.6) is 0 Å². The van der Waals surface area contributed by atoms with Gasteiger partial charge in [-0.15, -0.1) is 0 Å². The van der Waals surface area contributed by atoms with Gasteiger partial charge in [-0.3, -0.25) is 14.9 Å². The quantitative estimate of drug-likeness (QED) is 0.583. The van der Waals surface area contributed by atoms with Crippen molar-refractivity contribution in [3.05, 3.63) is 39.9 Å². The molecule has 1 unspecified atom stereocenters. The molecule has 1 atom stereocenters. The number of hydrogen-bond acceptors (Lipinski definition) is 4. The van der Waals surface area contributed by atoms with Gasteiger partial charge in [-0.2, -0.15) is 0 Å². The molecule has 0 aliphatic carbocycles. The van der Waals surface area contributed by atoms with E-state index in [4.69, 9.17) is 5.11 Å². The molecule has 6 heteroatoms. The number of carboxylic acids is 1. The van der Waals surface area contributed by atoms with Crippen LogP contribution < -0.4 is 5.32 Å². The van der Waals surface area contributed by atoms with Crippen LogP contribution in [-0.4, -0.2) is 22.0 Å². The zero-order valence-electron chi connectivity index (χ0n) is 11.0. The lowest BCUT2D eigenvalue weighted by atomic mass is 10.0. The molecule has 0 aliphatic rings. The van der Waals surface area contributed by atoms with Crippen molar-refractivity contribution in [1.82, 2.24) is 5.32 Å². The third-order valence-electron chi connectivity index (χ3n) is 2.73. The molecule has 2 N–H and O–H groups in total. The molecule has 0 aromatic heterocycles. The maximum Gasteiger partial charge on any atom is 0.320 e. The van der Waals surface area contributed by atoms with Crippen molar-refractivity contribution in [1.29, 1.82) is 0 Å². The molecule has 1 aromatic carbocycles. The van der Waals surface area contributed by atoms with Gasteiger partial charge in [-0.05, 0) is 12.3 Å². The van der Waals surface area contributed by atoms with E-state index in [1.807, 2.05) is 13.8 Å². The summed E-state index contributed by atoms with van der Waals surface area (Å²) < 4.78 is 0. The Morgan fingerprint density at radius 2 is 2.05 bits per heavy atom. The lowest BCUT2D eigenvalue weighted by Gasteiger charge is -2.16. The second kappa shape index (κ2) is 6.84. The molecular weight excluding hydrogens is 248 g/mol. The van der Waals surface area contributed by atoms with E-state index in [0.29, 0.717) is 12.0 Å². The van der Waals surface area contributed by atoms with Crippen LogP contribution in [0.2, 0.25) is 0 Å². The Morgan fingerprint density at radius 1 is 1.42 bits per heavy atom. The lowest BCUT2D eigenvalue weighted by Crippen LogP contribution is -2.37. The van der Waals surface area contributed by atoms with Crippen molar-refractivity contribution in [3.63, 3.8) is 0 Å². The summed E-state index contributed by atoms with van der Waals surface area (Å²) in [7, 11) is 0. The van der Waals surface area contributed by atoms with Crippen molar-refractivity contribution in [3.8, 4) is 0 Å². The van der Waals surface area contributed by atoms with Gasteiger partial charge in [0, 0.05) is 18.2 Å². The highest BCUT2D eigenvalue weighted by atomic mass is 16.6. The average molecular weight is 266 g/mol. The topological polar surface area (TPSA) is 92.5 Å². The van der Waals surface area contributed by atoms with Crippen LogP contribution in [-0.2, 0) is 11.3 Å². The molecule has 0 saturated carbocycles. The van der Waals surface area contributed by atoms with Gasteiger partial charge >= 0.3 is 5.97 Å². The number of rotatable bonds is 7. The van der Waals surface area contributed by atoms with Crippen molar-refractivity contribution < 1.29 is 14.8 Å². The van der Waals surface area contributed by atoms with E-state index in [1.54, 1.807) is 18.2 Å². The molecular formula is C13H18N2O4. The fraction of sp³-hybridized carbons (Fsp3) is 0.462. The highest BCUT2D eigenvalue weighted by molar-refractivity contribution is 5.73. The monoisotopic (exact) mass is 266 g/mol. The summed E-state index contributed by atoms with van der Waals surface area (Å²) in [4.78, 5) is 21.5. The van der Waals surface area contributed by atoms with E-state index >= 15 is 0 Å². The summed E-state index contributed by atoms with van der Waals surface area (Å²) >= 11 is 0. The zero-order valence-corrected chi connectivity index (χ0v) is 11.0. The van der Waals surface area contributed by atoms with E-state index in [2.05, 4.69) is 5.32 Å². The zero-order chi connectivity index (χ0) is 14.4. The van der Waals surface area contributed by atoms with Gasteiger partial charge in [-0.25, -0.2) is 0 Å². The normalized spacial score (nSPS) is 12.4. The molecule has 0 amide bonds. The number of hydrogen-bond donors (Lipinski definition) is 2. The maximum atomic E-state index is 11.1. The number of nitrogens with one attached hydrogen (secondary N) is 1. The van der Waals surface area contributed by atoms with E-state index in [9.17, 15) is 14.9 Å². The first kappa shape index (κ1) is 15.1. The molecule has 0 fully saturated rings. The second-order valence-electron chi connectivity index (χ2n) is 4.79. The Kier molecular flexibility index (Phi) is 5.44. The highest BCUT2D eigenvalue weighted by Crippen LogP contribution is 2.17. The number of aliphatic carboxylic acids is 1. The smallest absolute Gasteiger partial charge is 0.320 e. The molecule has 0 aliphatic heterocycles. The SMILES string of the molecule is CC(C)CC(NCc1ccccc1[N+](=O)[O-])C(=O)O. The van der Waals surface area contributed by atoms with Crippen LogP contribution in [0.1, 0.15) is 25.8 Å². The van der Waals surface area contributed by atoms with Gasteiger partial charge in [-0.1, -0.05) is 32.0 Å². The summed E-state index contributed by atoms with van der Waals surface area (Å²) in [5, 5.41) is 22.8. The molecule has 0 radical (unpaired) electrons. The molecule has 19 heavy (non-hydrogen) atoms. The van der Waals surface area contributed by atoms with Gasteiger partial charge in [0.15, 0.2) is 0 Å². The van der Waals surface area contributed by atoms with E-state index < -0.39 is 16.9 Å². The first-order valence-electron chi connectivity index (χ1n) is 6.10.